The fraction of sp³-hybridized carbons (Fsp3) is 0.250. The molecule has 1 aliphatic rings. The molecule has 0 aromatic heterocycles. The average molecular weight is 287 g/mol. The summed E-state index contributed by atoms with van der Waals surface area (Å²) >= 11 is 1.85. The van der Waals surface area contributed by atoms with Gasteiger partial charge in [0.25, 0.3) is 0 Å². The number of rotatable bonds is 5. The van der Waals surface area contributed by atoms with Crippen molar-refractivity contribution >= 4 is 17.4 Å². The molecule has 0 atom stereocenters. The van der Waals surface area contributed by atoms with Gasteiger partial charge < -0.3 is 14.8 Å². The molecule has 0 saturated heterocycles. The maximum absolute atomic E-state index is 5.57. The molecule has 0 bridgehead atoms. The van der Waals surface area contributed by atoms with Gasteiger partial charge in [-0.3, -0.25) is 0 Å². The Labute approximate surface area is 123 Å². The highest BCUT2D eigenvalue weighted by Gasteiger charge is 2.11. The van der Waals surface area contributed by atoms with Crippen molar-refractivity contribution in [1.29, 1.82) is 0 Å². The molecule has 1 heterocycles. The number of nitrogens with one attached hydrogen (secondary N) is 1. The van der Waals surface area contributed by atoms with Crippen LogP contribution in [0.4, 0.5) is 5.69 Å². The summed E-state index contributed by atoms with van der Waals surface area (Å²) in [4.78, 5) is 1.30. The molecule has 0 amide bonds. The van der Waals surface area contributed by atoms with Crippen LogP contribution in [0.3, 0.4) is 0 Å². The molecule has 0 radical (unpaired) electrons. The number of ether oxygens (including phenoxy) is 2. The quantitative estimate of drug-likeness (QED) is 0.671. The molecule has 0 unspecified atom stereocenters. The molecule has 0 fully saturated rings. The minimum absolute atomic E-state index is 0.625. The Kier molecular flexibility index (Phi) is 4.33. The van der Waals surface area contributed by atoms with E-state index in [1.54, 1.807) is 0 Å². The van der Waals surface area contributed by atoms with Crippen molar-refractivity contribution in [3.05, 3.63) is 48.5 Å². The number of hydrogen-bond donors (Lipinski definition) is 1. The van der Waals surface area contributed by atoms with Crippen molar-refractivity contribution in [2.24, 2.45) is 0 Å². The SMILES string of the molecule is c1ccc(SCCNc2ccc3c(c2)OCCO3)cc1. The maximum Gasteiger partial charge on any atom is 0.163 e. The van der Waals surface area contributed by atoms with E-state index in [1.165, 1.54) is 4.90 Å². The minimum atomic E-state index is 0.625. The van der Waals surface area contributed by atoms with Gasteiger partial charge in [0.2, 0.25) is 0 Å². The lowest BCUT2D eigenvalue weighted by Gasteiger charge is -2.19. The van der Waals surface area contributed by atoms with Crippen molar-refractivity contribution in [3.8, 4) is 11.5 Å². The highest BCUT2D eigenvalue weighted by atomic mass is 32.2. The van der Waals surface area contributed by atoms with E-state index in [-0.39, 0.29) is 0 Å². The summed E-state index contributed by atoms with van der Waals surface area (Å²) in [6.07, 6.45) is 0. The fourth-order valence-electron chi connectivity index (χ4n) is 2.03. The third-order valence-corrected chi connectivity index (χ3v) is 4.00. The Morgan fingerprint density at radius 2 is 1.75 bits per heavy atom. The molecule has 2 aromatic rings. The van der Waals surface area contributed by atoms with Crippen LogP contribution in [0, 0.1) is 0 Å². The summed E-state index contributed by atoms with van der Waals surface area (Å²) in [5, 5.41) is 3.41. The van der Waals surface area contributed by atoms with E-state index in [0.29, 0.717) is 13.2 Å². The lowest BCUT2D eigenvalue weighted by molar-refractivity contribution is 0.171. The molecule has 1 aliphatic heterocycles. The molecule has 104 valence electrons. The first-order valence-electron chi connectivity index (χ1n) is 6.73. The van der Waals surface area contributed by atoms with Gasteiger partial charge in [-0.15, -0.1) is 11.8 Å². The van der Waals surface area contributed by atoms with Crippen molar-refractivity contribution < 1.29 is 9.47 Å². The maximum atomic E-state index is 5.57. The minimum Gasteiger partial charge on any atom is -0.486 e. The van der Waals surface area contributed by atoms with Gasteiger partial charge >= 0.3 is 0 Å². The smallest absolute Gasteiger partial charge is 0.163 e. The molecule has 0 aliphatic carbocycles. The Morgan fingerprint density at radius 1 is 0.950 bits per heavy atom. The van der Waals surface area contributed by atoms with Crippen LogP contribution in [0.15, 0.2) is 53.4 Å². The molecule has 0 saturated carbocycles. The largest absolute Gasteiger partial charge is 0.486 e. The summed E-state index contributed by atoms with van der Waals surface area (Å²) in [6.45, 7) is 2.17. The Morgan fingerprint density at radius 3 is 2.60 bits per heavy atom. The standard InChI is InChI=1S/C16H17NO2S/c1-2-4-14(5-3-1)20-11-8-17-13-6-7-15-16(12-13)19-10-9-18-15/h1-7,12,17H,8-11H2. The molecule has 3 rings (SSSR count). The van der Waals surface area contributed by atoms with Crippen LogP contribution in [0.2, 0.25) is 0 Å². The molecule has 1 N–H and O–H groups in total. The monoisotopic (exact) mass is 287 g/mol. The van der Waals surface area contributed by atoms with Crippen LogP contribution < -0.4 is 14.8 Å². The number of hydrogen-bond acceptors (Lipinski definition) is 4. The molecule has 3 nitrogen and oxygen atoms in total. The number of anilines is 1. The second kappa shape index (κ2) is 6.57. The van der Waals surface area contributed by atoms with E-state index in [1.807, 2.05) is 36.0 Å². The van der Waals surface area contributed by atoms with E-state index >= 15 is 0 Å². The van der Waals surface area contributed by atoms with Crippen LogP contribution in [-0.2, 0) is 0 Å². The molecule has 4 heteroatoms. The van der Waals surface area contributed by atoms with Gasteiger partial charge in [0, 0.05) is 28.9 Å². The van der Waals surface area contributed by atoms with E-state index < -0.39 is 0 Å². The van der Waals surface area contributed by atoms with E-state index in [9.17, 15) is 0 Å². The molecular weight excluding hydrogens is 270 g/mol. The predicted molar refractivity (Wildman–Crippen MR) is 83.1 cm³/mol. The molecule has 0 spiro atoms. The topological polar surface area (TPSA) is 30.5 Å². The Balaban J connectivity index is 1.49. The lowest BCUT2D eigenvalue weighted by Crippen LogP contribution is -2.15. The normalized spacial score (nSPS) is 13.0. The van der Waals surface area contributed by atoms with Gasteiger partial charge in [0.1, 0.15) is 13.2 Å². The van der Waals surface area contributed by atoms with Gasteiger partial charge in [-0.1, -0.05) is 18.2 Å². The average Bonchev–Trinajstić information content (AvgIpc) is 2.52. The van der Waals surface area contributed by atoms with E-state index in [0.717, 1.165) is 29.5 Å². The first-order chi connectivity index (χ1) is 9.92. The highest BCUT2D eigenvalue weighted by Crippen LogP contribution is 2.32. The first-order valence-corrected chi connectivity index (χ1v) is 7.72. The van der Waals surface area contributed by atoms with Crippen LogP contribution >= 0.6 is 11.8 Å². The zero-order valence-electron chi connectivity index (χ0n) is 11.2. The first kappa shape index (κ1) is 13.2. The van der Waals surface area contributed by atoms with Crippen LogP contribution in [0.5, 0.6) is 11.5 Å². The third kappa shape index (κ3) is 3.39. The second-order valence-electron chi connectivity index (χ2n) is 4.45. The summed E-state index contributed by atoms with van der Waals surface area (Å²) in [6, 6.07) is 16.4. The van der Waals surface area contributed by atoms with E-state index in [2.05, 4.69) is 29.6 Å². The Bertz CT molecular complexity index is 560. The van der Waals surface area contributed by atoms with Gasteiger partial charge in [0.05, 0.1) is 0 Å². The summed E-state index contributed by atoms with van der Waals surface area (Å²) in [5.41, 5.74) is 1.07. The van der Waals surface area contributed by atoms with Gasteiger partial charge in [-0.25, -0.2) is 0 Å². The van der Waals surface area contributed by atoms with Crippen molar-refractivity contribution in [2.75, 3.05) is 30.8 Å². The second-order valence-corrected chi connectivity index (χ2v) is 5.62. The van der Waals surface area contributed by atoms with Crippen molar-refractivity contribution in [1.82, 2.24) is 0 Å². The zero-order chi connectivity index (χ0) is 13.6. The number of benzene rings is 2. The van der Waals surface area contributed by atoms with Crippen LogP contribution in [0.1, 0.15) is 0 Å². The fourth-order valence-corrected chi connectivity index (χ4v) is 2.82. The van der Waals surface area contributed by atoms with Crippen molar-refractivity contribution in [2.45, 2.75) is 4.90 Å². The van der Waals surface area contributed by atoms with Crippen LogP contribution in [-0.4, -0.2) is 25.5 Å². The molecule has 20 heavy (non-hydrogen) atoms. The summed E-state index contributed by atoms with van der Waals surface area (Å²) in [7, 11) is 0. The number of fused-ring (bicyclic) bond motifs is 1. The molecular formula is C16H17NO2S. The summed E-state index contributed by atoms with van der Waals surface area (Å²) in [5.74, 6) is 2.69. The van der Waals surface area contributed by atoms with Gasteiger partial charge in [0.15, 0.2) is 11.5 Å². The highest BCUT2D eigenvalue weighted by molar-refractivity contribution is 7.99. The zero-order valence-corrected chi connectivity index (χ0v) is 12.0. The molecule has 2 aromatic carbocycles. The van der Waals surface area contributed by atoms with Gasteiger partial charge in [-0.05, 0) is 24.3 Å². The van der Waals surface area contributed by atoms with Crippen molar-refractivity contribution in [3.63, 3.8) is 0 Å². The predicted octanol–water partition coefficient (Wildman–Crippen LogP) is 3.66. The Hall–Kier alpha value is -1.81. The number of thioether (sulfide) groups is 1. The third-order valence-electron chi connectivity index (χ3n) is 2.99. The summed E-state index contributed by atoms with van der Waals surface area (Å²) < 4.78 is 11.1. The van der Waals surface area contributed by atoms with Gasteiger partial charge in [-0.2, -0.15) is 0 Å². The van der Waals surface area contributed by atoms with Crippen LogP contribution in [0.25, 0.3) is 0 Å². The van der Waals surface area contributed by atoms with E-state index in [4.69, 9.17) is 9.47 Å². The lowest BCUT2D eigenvalue weighted by atomic mass is 10.2.